The van der Waals surface area contributed by atoms with E-state index < -0.39 is 6.10 Å². The Kier molecular flexibility index (Phi) is 5.44. The zero-order valence-corrected chi connectivity index (χ0v) is 12.8. The van der Waals surface area contributed by atoms with Crippen molar-refractivity contribution in [2.24, 2.45) is 0 Å². The maximum Gasteiger partial charge on any atom is 0.347 e. The van der Waals surface area contributed by atoms with E-state index in [-0.39, 0.29) is 12.0 Å². The minimum absolute atomic E-state index is 0.228. The molecule has 116 valence electrons. The van der Waals surface area contributed by atoms with Crippen molar-refractivity contribution in [3.05, 3.63) is 23.8 Å². The average Bonchev–Trinajstić information content (AvgIpc) is 2.88. The first-order valence-corrected chi connectivity index (χ1v) is 7.52. The van der Waals surface area contributed by atoms with E-state index >= 15 is 0 Å². The van der Waals surface area contributed by atoms with Gasteiger partial charge in [0.25, 0.3) is 0 Å². The number of carbonyl (C=O) groups is 1. The highest BCUT2D eigenvalue weighted by molar-refractivity contribution is 5.75. The molecule has 0 bridgehead atoms. The Morgan fingerprint density at radius 2 is 2.24 bits per heavy atom. The van der Waals surface area contributed by atoms with Crippen molar-refractivity contribution in [1.82, 2.24) is 5.32 Å². The monoisotopic (exact) mass is 293 g/mol. The van der Waals surface area contributed by atoms with Crippen LogP contribution in [0.3, 0.4) is 0 Å². The molecule has 0 amide bonds. The quantitative estimate of drug-likeness (QED) is 0.783. The second kappa shape index (κ2) is 7.31. The number of hydrogen-bond donors (Lipinski definition) is 1. The zero-order chi connectivity index (χ0) is 15.2. The molecular formula is C16H23NO4. The molecule has 0 fully saturated rings. The summed E-state index contributed by atoms with van der Waals surface area (Å²) in [6.45, 7) is 7.63. The number of hydrogen-bond acceptors (Lipinski definition) is 5. The Labute approximate surface area is 125 Å². The van der Waals surface area contributed by atoms with Gasteiger partial charge in [-0.15, -0.1) is 0 Å². The zero-order valence-electron chi connectivity index (χ0n) is 12.8. The molecule has 1 aliphatic heterocycles. The summed E-state index contributed by atoms with van der Waals surface area (Å²) in [6, 6.07) is 5.93. The molecule has 0 aliphatic carbocycles. The van der Waals surface area contributed by atoms with E-state index in [1.165, 1.54) is 0 Å². The predicted molar refractivity (Wildman–Crippen MR) is 79.7 cm³/mol. The number of esters is 1. The molecule has 1 aromatic carbocycles. The van der Waals surface area contributed by atoms with Gasteiger partial charge in [0.15, 0.2) is 6.10 Å². The van der Waals surface area contributed by atoms with Crippen molar-refractivity contribution in [1.29, 1.82) is 0 Å². The van der Waals surface area contributed by atoms with Crippen LogP contribution in [0.2, 0.25) is 0 Å². The van der Waals surface area contributed by atoms with Crippen LogP contribution in [0.25, 0.3) is 0 Å². The van der Waals surface area contributed by atoms with Crippen LogP contribution in [0.5, 0.6) is 11.5 Å². The molecule has 5 nitrogen and oxygen atoms in total. The summed E-state index contributed by atoms with van der Waals surface area (Å²) >= 11 is 0. The van der Waals surface area contributed by atoms with E-state index in [9.17, 15) is 4.79 Å². The number of nitrogens with one attached hydrogen (secondary N) is 1. The van der Waals surface area contributed by atoms with Crippen molar-refractivity contribution in [3.63, 3.8) is 0 Å². The van der Waals surface area contributed by atoms with Crippen molar-refractivity contribution in [2.45, 2.75) is 39.3 Å². The highest BCUT2D eigenvalue weighted by atomic mass is 16.6. The molecule has 0 spiro atoms. The van der Waals surface area contributed by atoms with Gasteiger partial charge < -0.3 is 19.5 Å². The highest BCUT2D eigenvalue weighted by Crippen LogP contribution is 2.35. The van der Waals surface area contributed by atoms with Crippen LogP contribution in [0.4, 0.5) is 0 Å². The number of fused-ring (bicyclic) bond motifs is 1. The van der Waals surface area contributed by atoms with Crippen LogP contribution in [-0.4, -0.2) is 31.8 Å². The molecule has 2 atom stereocenters. The molecule has 0 saturated heterocycles. The lowest BCUT2D eigenvalue weighted by Crippen LogP contribution is -2.28. The molecule has 2 rings (SSSR count). The number of carbonyl (C=O) groups excluding carboxylic acids is 1. The number of likely N-dealkylation sites (N-methyl/N-ethyl adjacent to an activating group) is 1. The second-order valence-corrected chi connectivity index (χ2v) is 4.89. The van der Waals surface area contributed by atoms with E-state index in [0.717, 1.165) is 17.9 Å². The summed E-state index contributed by atoms with van der Waals surface area (Å²) in [5.41, 5.74) is 1.13. The van der Waals surface area contributed by atoms with Crippen molar-refractivity contribution in [3.8, 4) is 11.5 Å². The van der Waals surface area contributed by atoms with E-state index in [0.29, 0.717) is 25.4 Å². The third kappa shape index (κ3) is 3.67. The number of ether oxygens (including phenoxy) is 3. The first-order valence-electron chi connectivity index (χ1n) is 7.52. The number of benzene rings is 1. The predicted octanol–water partition coefficient (Wildman–Crippen LogP) is 2.45. The van der Waals surface area contributed by atoms with E-state index in [1.54, 1.807) is 6.92 Å². The molecule has 1 N–H and O–H groups in total. The van der Waals surface area contributed by atoms with Gasteiger partial charge in [0.1, 0.15) is 18.1 Å². The number of rotatable bonds is 7. The molecule has 5 heteroatoms. The van der Waals surface area contributed by atoms with Crippen molar-refractivity contribution >= 4 is 5.97 Å². The molecule has 21 heavy (non-hydrogen) atoms. The molecule has 2 unspecified atom stereocenters. The Morgan fingerprint density at radius 1 is 1.43 bits per heavy atom. The summed E-state index contributed by atoms with van der Waals surface area (Å²) in [7, 11) is 0. The van der Waals surface area contributed by atoms with Gasteiger partial charge in [-0.3, -0.25) is 0 Å². The lowest BCUT2D eigenvalue weighted by atomic mass is 10.1. The van der Waals surface area contributed by atoms with E-state index in [1.807, 2.05) is 25.1 Å². The molecule has 1 aromatic rings. The lowest BCUT2D eigenvalue weighted by molar-refractivity contribution is -0.151. The van der Waals surface area contributed by atoms with Gasteiger partial charge in [0.2, 0.25) is 0 Å². The third-order valence-corrected chi connectivity index (χ3v) is 3.42. The van der Waals surface area contributed by atoms with Gasteiger partial charge in [0, 0.05) is 11.6 Å². The van der Waals surface area contributed by atoms with Crippen LogP contribution in [0.1, 0.15) is 38.8 Å². The summed E-state index contributed by atoms with van der Waals surface area (Å²) < 4.78 is 16.4. The van der Waals surface area contributed by atoms with Crippen LogP contribution in [-0.2, 0) is 9.53 Å². The normalized spacial score (nSPS) is 17.8. The van der Waals surface area contributed by atoms with Gasteiger partial charge in [-0.25, -0.2) is 4.79 Å². The minimum atomic E-state index is -0.575. The average molecular weight is 293 g/mol. The molecule has 1 aliphatic rings. The summed E-state index contributed by atoms with van der Waals surface area (Å²) in [4.78, 5) is 11.8. The highest BCUT2D eigenvalue weighted by Gasteiger charge is 2.25. The van der Waals surface area contributed by atoms with Crippen LogP contribution in [0, 0.1) is 0 Å². The molecule has 0 saturated carbocycles. The van der Waals surface area contributed by atoms with Crippen molar-refractivity contribution in [2.75, 3.05) is 19.8 Å². The topological polar surface area (TPSA) is 56.8 Å². The van der Waals surface area contributed by atoms with E-state index in [4.69, 9.17) is 14.2 Å². The smallest absolute Gasteiger partial charge is 0.347 e. The fraction of sp³-hybridized carbons (Fsp3) is 0.562. The first-order chi connectivity index (χ1) is 10.2. The maximum atomic E-state index is 11.8. The van der Waals surface area contributed by atoms with Crippen LogP contribution < -0.4 is 14.8 Å². The van der Waals surface area contributed by atoms with Crippen molar-refractivity contribution < 1.29 is 19.0 Å². The largest absolute Gasteiger partial charge is 0.491 e. The fourth-order valence-electron chi connectivity index (χ4n) is 2.38. The lowest BCUT2D eigenvalue weighted by Gasteiger charge is -2.16. The Morgan fingerprint density at radius 3 is 2.90 bits per heavy atom. The van der Waals surface area contributed by atoms with Gasteiger partial charge >= 0.3 is 5.97 Å². The summed E-state index contributed by atoms with van der Waals surface area (Å²) in [5.74, 6) is 1.12. The minimum Gasteiger partial charge on any atom is -0.491 e. The fourth-order valence-corrected chi connectivity index (χ4v) is 2.38. The van der Waals surface area contributed by atoms with E-state index in [2.05, 4.69) is 12.2 Å². The molecule has 0 radical (unpaired) electrons. The molecular weight excluding hydrogens is 270 g/mol. The van der Waals surface area contributed by atoms with Gasteiger partial charge in [0.05, 0.1) is 12.6 Å². The molecule has 0 aromatic heterocycles. The third-order valence-electron chi connectivity index (χ3n) is 3.42. The maximum absolute atomic E-state index is 11.8. The Hall–Kier alpha value is -1.75. The molecule has 1 heterocycles. The van der Waals surface area contributed by atoms with Gasteiger partial charge in [-0.2, -0.15) is 0 Å². The second-order valence-electron chi connectivity index (χ2n) is 4.89. The van der Waals surface area contributed by atoms with Gasteiger partial charge in [-0.1, -0.05) is 13.8 Å². The van der Waals surface area contributed by atoms with Crippen LogP contribution in [0.15, 0.2) is 18.2 Å². The SMILES string of the molecule is CCNC1COc2cc(OC(CC)C(=O)OCC)ccc21. The van der Waals surface area contributed by atoms with Crippen LogP contribution >= 0.6 is 0 Å². The Bertz CT molecular complexity index is 489. The first kappa shape index (κ1) is 15.6. The standard InChI is InChI=1S/C16H23NO4/c1-4-14(16(18)19-6-3)21-11-7-8-12-13(17-5-2)10-20-15(12)9-11/h7-9,13-14,17H,4-6,10H2,1-3H3. The Balaban J connectivity index is 2.07. The van der Waals surface area contributed by atoms with Gasteiger partial charge in [-0.05, 0) is 32.0 Å². The summed E-state index contributed by atoms with van der Waals surface area (Å²) in [5, 5.41) is 3.37. The summed E-state index contributed by atoms with van der Waals surface area (Å²) in [6.07, 6.45) is -0.00877.